The van der Waals surface area contributed by atoms with Crippen LogP contribution in [-0.4, -0.2) is 15.0 Å². The fraction of sp³-hybridized carbons (Fsp3) is 0.300. The minimum absolute atomic E-state index is 0.716. The number of hydrogen-bond acceptors (Lipinski definition) is 3. The van der Waals surface area contributed by atoms with E-state index in [9.17, 15) is 0 Å². The molecule has 0 aliphatic heterocycles. The summed E-state index contributed by atoms with van der Waals surface area (Å²) in [6.07, 6.45) is 6.68. The van der Waals surface area contributed by atoms with E-state index in [-0.39, 0.29) is 0 Å². The number of rotatable bonds is 9. The minimum atomic E-state index is 0.716. The van der Waals surface area contributed by atoms with Gasteiger partial charge < -0.3 is 0 Å². The summed E-state index contributed by atoms with van der Waals surface area (Å²) in [5.41, 5.74) is 7.08. The van der Waals surface area contributed by atoms with Gasteiger partial charge in [-0.25, -0.2) is 15.0 Å². The van der Waals surface area contributed by atoms with Crippen molar-refractivity contribution in [3.05, 3.63) is 89.5 Å². The molecular weight excluding hydrogens is 402 g/mol. The van der Waals surface area contributed by atoms with Crippen LogP contribution in [0.3, 0.4) is 0 Å². The fourth-order valence-corrected chi connectivity index (χ4v) is 4.09. The Morgan fingerprint density at radius 3 is 0.848 bits per heavy atom. The molecule has 0 spiro atoms. The molecule has 0 amide bonds. The predicted octanol–water partition coefficient (Wildman–Crippen LogP) is 7.73. The van der Waals surface area contributed by atoms with Crippen molar-refractivity contribution in [2.75, 3.05) is 0 Å². The molecule has 0 aliphatic rings. The van der Waals surface area contributed by atoms with Gasteiger partial charge in [0.25, 0.3) is 0 Å². The molecule has 3 nitrogen and oxygen atoms in total. The van der Waals surface area contributed by atoms with E-state index >= 15 is 0 Å². The van der Waals surface area contributed by atoms with Crippen LogP contribution in [0.25, 0.3) is 34.2 Å². The highest BCUT2D eigenvalue weighted by Crippen LogP contribution is 2.26. The molecule has 3 heteroatoms. The summed E-state index contributed by atoms with van der Waals surface area (Å²) in [6.45, 7) is 6.61. The second-order valence-electron chi connectivity index (χ2n) is 8.65. The van der Waals surface area contributed by atoms with Gasteiger partial charge in [-0.05, 0) is 36.0 Å². The number of aryl methyl sites for hydroxylation is 3. The standard InChI is InChI=1S/C30H33N3/c1-4-7-22-10-16-25(17-11-22)28-31-29(26-18-12-23(8-5-2)13-19-26)33-30(32-28)27-20-14-24(9-6-3)15-21-27/h10-21H,4-9H2,1-3H3. The van der Waals surface area contributed by atoms with Crippen molar-refractivity contribution in [1.29, 1.82) is 0 Å². The third-order valence-corrected chi connectivity index (χ3v) is 5.89. The molecule has 3 aromatic carbocycles. The maximum Gasteiger partial charge on any atom is 0.164 e. The van der Waals surface area contributed by atoms with Crippen molar-refractivity contribution in [1.82, 2.24) is 15.0 Å². The Balaban J connectivity index is 1.76. The van der Waals surface area contributed by atoms with Crippen molar-refractivity contribution in [3.8, 4) is 34.2 Å². The van der Waals surface area contributed by atoms with Gasteiger partial charge in [-0.1, -0.05) is 113 Å². The SMILES string of the molecule is CCCc1ccc(-c2nc(-c3ccc(CCC)cc3)nc(-c3ccc(CCC)cc3)n2)cc1. The lowest BCUT2D eigenvalue weighted by molar-refractivity contribution is 0.921. The molecule has 33 heavy (non-hydrogen) atoms. The van der Waals surface area contributed by atoms with Gasteiger partial charge in [-0.2, -0.15) is 0 Å². The van der Waals surface area contributed by atoms with Gasteiger partial charge in [0.2, 0.25) is 0 Å². The lowest BCUT2D eigenvalue weighted by Crippen LogP contribution is -2.00. The molecule has 0 atom stereocenters. The van der Waals surface area contributed by atoms with Gasteiger partial charge in [0.15, 0.2) is 17.5 Å². The molecule has 0 saturated carbocycles. The average Bonchev–Trinajstić information content (AvgIpc) is 2.86. The maximum absolute atomic E-state index is 4.88. The largest absolute Gasteiger partial charge is 0.208 e. The molecule has 0 bridgehead atoms. The van der Waals surface area contributed by atoms with E-state index in [1.165, 1.54) is 16.7 Å². The van der Waals surface area contributed by atoms with Gasteiger partial charge in [0.1, 0.15) is 0 Å². The number of aromatic nitrogens is 3. The van der Waals surface area contributed by atoms with Crippen molar-refractivity contribution in [3.63, 3.8) is 0 Å². The normalized spacial score (nSPS) is 11.0. The molecule has 0 fully saturated rings. The van der Waals surface area contributed by atoms with Crippen LogP contribution in [0.15, 0.2) is 72.8 Å². The summed E-state index contributed by atoms with van der Waals surface area (Å²) in [6, 6.07) is 25.9. The van der Waals surface area contributed by atoms with Gasteiger partial charge in [-0.15, -0.1) is 0 Å². The Bertz CT molecular complexity index is 997. The number of nitrogens with zero attached hydrogens (tertiary/aromatic N) is 3. The van der Waals surface area contributed by atoms with Crippen LogP contribution in [0.5, 0.6) is 0 Å². The van der Waals surface area contributed by atoms with Gasteiger partial charge in [0.05, 0.1) is 0 Å². The summed E-state index contributed by atoms with van der Waals surface area (Å²) in [4.78, 5) is 14.6. The molecule has 1 aromatic heterocycles. The summed E-state index contributed by atoms with van der Waals surface area (Å²) in [5, 5.41) is 0. The Labute approximate surface area is 198 Å². The van der Waals surface area contributed by atoms with E-state index in [4.69, 9.17) is 15.0 Å². The van der Waals surface area contributed by atoms with E-state index in [1.807, 2.05) is 0 Å². The first-order chi connectivity index (χ1) is 16.2. The smallest absolute Gasteiger partial charge is 0.164 e. The molecular formula is C30H33N3. The zero-order valence-electron chi connectivity index (χ0n) is 20.0. The molecule has 0 N–H and O–H groups in total. The summed E-state index contributed by atoms with van der Waals surface area (Å²) in [5.74, 6) is 2.15. The Kier molecular flexibility index (Phi) is 7.62. The molecule has 0 radical (unpaired) electrons. The van der Waals surface area contributed by atoms with Gasteiger partial charge in [-0.3, -0.25) is 0 Å². The lowest BCUT2D eigenvalue weighted by Gasteiger charge is -2.10. The summed E-state index contributed by atoms with van der Waals surface area (Å²) in [7, 11) is 0. The second-order valence-corrected chi connectivity index (χ2v) is 8.65. The summed E-state index contributed by atoms with van der Waals surface area (Å²) >= 11 is 0. The van der Waals surface area contributed by atoms with E-state index in [1.54, 1.807) is 0 Å². The monoisotopic (exact) mass is 435 g/mol. The Morgan fingerprint density at radius 1 is 0.394 bits per heavy atom. The van der Waals surface area contributed by atoms with Crippen molar-refractivity contribution >= 4 is 0 Å². The first kappa shape index (κ1) is 22.8. The van der Waals surface area contributed by atoms with Crippen LogP contribution >= 0.6 is 0 Å². The third kappa shape index (κ3) is 5.73. The van der Waals surface area contributed by atoms with Crippen LogP contribution in [0.1, 0.15) is 56.7 Å². The van der Waals surface area contributed by atoms with Gasteiger partial charge in [0, 0.05) is 16.7 Å². The fourth-order valence-electron chi connectivity index (χ4n) is 4.09. The topological polar surface area (TPSA) is 38.7 Å². The maximum atomic E-state index is 4.88. The van der Waals surface area contributed by atoms with E-state index in [2.05, 4.69) is 93.6 Å². The van der Waals surface area contributed by atoms with E-state index in [0.717, 1.165) is 55.2 Å². The summed E-state index contributed by atoms with van der Waals surface area (Å²) < 4.78 is 0. The second kappa shape index (κ2) is 11.0. The molecule has 0 aliphatic carbocycles. The molecule has 1 heterocycles. The van der Waals surface area contributed by atoms with Crippen LogP contribution < -0.4 is 0 Å². The van der Waals surface area contributed by atoms with Crippen molar-refractivity contribution in [2.45, 2.75) is 59.3 Å². The average molecular weight is 436 g/mol. The third-order valence-electron chi connectivity index (χ3n) is 5.89. The predicted molar refractivity (Wildman–Crippen MR) is 138 cm³/mol. The Hall–Kier alpha value is -3.33. The van der Waals surface area contributed by atoms with E-state index in [0.29, 0.717) is 17.5 Å². The van der Waals surface area contributed by atoms with Crippen LogP contribution in [0.4, 0.5) is 0 Å². The highest BCUT2D eigenvalue weighted by Gasteiger charge is 2.12. The number of hydrogen-bond donors (Lipinski definition) is 0. The highest BCUT2D eigenvalue weighted by molar-refractivity contribution is 5.66. The van der Waals surface area contributed by atoms with E-state index < -0.39 is 0 Å². The number of benzene rings is 3. The van der Waals surface area contributed by atoms with Crippen LogP contribution in [-0.2, 0) is 19.3 Å². The minimum Gasteiger partial charge on any atom is -0.208 e. The first-order valence-electron chi connectivity index (χ1n) is 12.2. The zero-order valence-corrected chi connectivity index (χ0v) is 20.0. The zero-order chi connectivity index (χ0) is 23.0. The Morgan fingerprint density at radius 2 is 0.636 bits per heavy atom. The molecule has 0 unspecified atom stereocenters. The van der Waals surface area contributed by atoms with Gasteiger partial charge >= 0.3 is 0 Å². The molecule has 4 aromatic rings. The molecule has 0 saturated heterocycles. The van der Waals surface area contributed by atoms with Crippen LogP contribution in [0.2, 0.25) is 0 Å². The molecule has 168 valence electrons. The molecule has 4 rings (SSSR count). The quantitative estimate of drug-likeness (QED) is 0.270. The van der Waals surface area contributed by atoms with Crippen molar-refractivity contribution < 1.29 is 0 Å². The highest BCUT2D eigenvalue weighted by atomic mass is 15.0. The lowest BCUT2D eigenvalue weighted by atomic mass is 10.1. The first-order valence-corrected chi connectivity index (χ1v) is 12.2. The van der Waals surface area contributed by atoms with Crippen LogP contribution in [0, 0.1) is 0 Å². The van der Waals surface area contributed by atoms with Crippen molar-refractivity contribution in [2.24, 2.45) is 0 Å².